The molecule has 0 bridgehead atoms. The second kappa shape index (κ2) is 3.80. The summed E-state index contributed by atoms with van der Waals surface area (Å²) in [5, 5.41) is 7.55. The lowest BCUT2D eigenvalue weighted by Crippen LogP contribution is -2.60. The van der Waals surface area contributed by atoms with Crippen molar-refractivity contribution >= 4 is 0 Å². The van der Waals surface area contributed by atoms with Gasteiger partial charge in [0.15, 0.2) is 5.82 Å². The molecule has 0 radical (unpaired) electrons. The zero-order valence-corrected chi connectivity index (χ0v) is 11.8. The van der Waals surface area contributed by atoms with Gasteiger partial charge in [0.05, 0.1) is 5.41 Å². The Bertz CT molecular complexity index is 438. The number of nitrogens with zero attached hydrogens (tertiary/aromatic N) is 2. The minimum Gasteiger partial charge on any atom is -0.339 e. The van der Waals surface area contributed by atoms with Crippen LogP contribution in [0.4, 0.5) is 0 Å². The van der Waals surface area contributed by atoms with E-state index < -0.39 is 0 Å². The Morgan fingerprint density at radius 2 is 1.94 bits per heavy atom. The molecule has 0 amide bonds. The fraction of sp³-hybridized carbons (Fsp3) is 0.857. The quantitative estimate of drug-likeness (QED) is 0.894. The third-order valence-electron chi connectivity index (χ3n) is 4.82. The molecule has 1 aliphatic carbocycles. The number of hydrogen-bond donors (Lipinski definition) is 1. The Hall–Kier alpha value is -0.900. The molecule has 4 heteroatoms. The van der Waals surface area contributed by atoms with Gasteiger partial charge in [-0.15, -0.1) is 0 Å². The van der Waals surface area contributed by atoms with Crippen molar-refractivity contribution < 1.29 is 4.52 Å². The summed E-state index contributed by atoms with van der Waals surface area (Å²) in [6.07, 6.45) is 2.36. The zero-order chi connectivity index (χ0) is 13.0. The van der Waals surface area contributed by atoms with Crippen LogP contribution in [0.3, 0.4) is 0 Å². The molecule has 2 aliphatic rings. The molecule has 2 fully saturated rings. The SMILES string of the molecule is CC(C)C1(c2nc(C3CC(C)(C)C3)no2)CNC1. The molecule has 2 heterocycles. The average molecular weight is 249 g/mol. The molecular formula is C14H23N3O. The first-order chi connectivity index (χ1) is 8.43. The van der Waals surface area contributed by atoms with Crippen LogP contribution in [-0.4, -0.2) is 23.2 Å². The van der Waals surface area contributed by atoms with Crippen molar-refractivity contribution in [3.63, 3.8) is 0 Å². The van der Waals surface area contributed by atoms with Gasteiger partial charge in [0.25, 0.3) is 0 Å². The Labute approximate surface area is 109 Å². The smallest absolute Gasteiger partial charge is 0.235 e. The van der Waals surface area contributed by atoms with Crippen LogP contribution >= 0.6 is 0 Å². The molecule has 4 nitrogen and oxygen atoms in total. The van der Waals surface area contributed by atoms with E-state index in [1.165, 1.54) is 12.8 Å². The summed E-state index contributed by atoms with van der Waals surface area (Å²) >= 11 is 0. The fourth-order valence-electron chi connectivity index (χ4n) is 3.26. The van der Waals surface area contributed by atoms with Gasteiger partial charge in [-0.25, -0.2) is 0 Å². The van der Waals surface area contributed by atoms with Gasteiger partial charge in [-0.3, -0.25) is 0 Å². The third kappa shape index (κ3) is 1.69. The molecular weight excluding hydrogens is 226 g/mol. The van der Waals surface area contributed by atoms with E-state index in [0.29, 0.717) is 17.3 Å². The molecule has 1 N–H and O–H groups in total. The number of rotatable bonds is 3. The minimum absolute atomic E-state index is 0.0739. The molecule has 1 aromatic rings. The summed E-state index contributed by atoms with van der Waals surface area (Å²) in [6.45, 7) is 11.0. The fourth-order valence-corrected chi connectivity index (χ4v) is 3.26. The average Bonchev–Trinajstić information content (AvgIpc) is 2.60. The van der Waals surface area contributed by atoms with E-state index in [9.17, 15) is 0 Å². The second-order valence-corrected chi connectivity index (χ2v) is 7.14. The maximum Gasteiger partial charge on any atom is 0.235 e. The molecule has 1 saturated carbocycles. The Balaban J connectivity index is 1.78. The number of nitrogens with one attached hydrogen (secondary N) is 1. The van der Waals surface area contributed by atoms with E-state index >= 15 is 0 Å². The monoisotopic (exact) mass is 249 g/mol. The van der Waals surface area contributed by atoms with E-state index in [0.717, 1.165) is 24.8 Å². The minimum atomic E-state index is 0.0739. The molecule has 1 saturated heterocycles. The summed E-state index contributed by atoms with van der Waals surface area (Å²) in [6, 6.07) is 0. The first-order valence-electron chi connectivity index (χ1n) is 6.98. The normalized spacial score (nSPS) is 25.8. The van der Waals surface area contributed by atoms with Crippen molar-refractivity contribution in [2.45, 2.75) is 51.9 Å². The Kier molecular flexibility index (Phi) is 2.56. The van der Waals surface area contributed by atoms with Crippen LogP contribution in [0.2, 0.25) is 0 Å². The van der Waals surface area contributed by atoms with Gasteiger partial charge in [0, 0.05) is 19.0 Å². The van der Waals surface area contributed by atoms with Crippen LogP contribution in [0.15, 0.2) is 4.52 Å². The van der Waals surface area contributed by atoms with Crippen LogP contribution in [0.5, 0.6) is 0 Å². The molecule has 0 aromatic carbocycles. The van der Waals surface area contributed by atoms with Gasteiger partial charge < -0.3 is 9.84 Å². The maximum atomic E-state index is 5.56. The summed E-state index contributed by atoms with van der Waals surface area (Å²) in [4.78, 5) is 4.70. The van der Waals surface area contributed by atoms with Crippen LogP contribution in [0.25, 0.3) is 0 Å². The lowest BCUT2D eigenvalue weighted by molar-refractivity contribution is 0.139. The summed E-state index contributed by atoms with van der Waals surface area (Å²) in [5.74, 6) is 2.81. The predicted octanol–water partition coefficient (Wildman–Crippen LogP) is 2.47. The molecule has 0 spiro atoms. The highest BCUT2D eigenvalue weighted by Gasteiger charge is 2.47. The molecule has 1 aromatic heterocycles. The van der Waals surface area contributed by atoms with E-state index in [1.54, 1.807) is 0 Å². The summed E-state index contributed by atoms with van der Waals surface area (Å²) in [5.41, 5.74) is 0.531. The van der Waals surface area contributed by atoms with Gasteiger partial charge in [0.1, 0.15) is 0 Å². The molecule has 0 atom stereocenters. The summed E-state index contributed by atoms with van der Waals surface area (Å²) in [7, 11) is 0. The van der Waals surface area contributed by atoms with Crippen LogP contribution in [0.1, 0.15) is 58.2 Å². The maximum absolute atomic E-state index is 5.56. The standard InChI is InChI=1S/C14H23N3O/c1-9(2)14(7-15-8-14)12-16-11(17-18-12)10-5-13(3,4)6-10/h9-10,15H,5-8H2,1-4H3. The van der Waals surface area contributed by atoms with Crippen molar-refractivity contribution in [3.8, 4) is 0 Å². The molecule has 100 valence electrons. The topological polar surface area (TPSA) is 51.0 Å². The Morgan fingerprint density at radius 1 is 1.28 bits per heavy atom. The number of aromatic nitrogens is 2. The zero-order valence-electron chi connectivity index (χ0n) is 11.8. The Morgan fingerprint density at radius 3 is 2.39 bits per heavy atom. The van der Waals surface area contributed by atoms with Crippen LogP contribution in [0, 0.1) is 11.3 Å². The van der Waals surface area contributed by atoms with Gasteiger partial charge in [0.2, 0.25) is 5.89 Å². The highest BCUT2D eigenvalue weighted by molar-refractivity contribution is 5.17. The van der Waals surface area contributed by atoms with Gasteiger partial charge in [-0.2, -0.15) is 4.98 Å². The van der Waals surface area contributed by atoms with Crippen LogP contribution < -0.4 is 5.32 Å². The van der Waals surface area contributed by atoms with Gasteiger partial charge in [-0.1, -0.05) is 32.9 Å². The third-order valence-corrected chi connectivity index (χ3v) is 4.82. The van der Waals surface area contributed by atoms with E-state index in [1.807, 2.05) is 0 Å². The van der Waals surface area contributed by atoms with E-state index in [4.69, 9.17) is 9.51 Å². The first-order valence-corrected chi connectivity index (χ1v) is 6.98. The molecule has 18 heavy (non-hydrogen) atoms. The molecule has 1 aliphatic heterocycles. The molecule has 0 unspecified atom stereocenters. The van der Waals surface area contributed by atoms with E-state index in [2.05, 4.69) is 38.2 Å². The van der Waals surface area contributed by atoms with Crippen molar-refractivity contribution in [2.24, 2.45) is 11.3 Å². The van der Waals surface area contributed by atoms with Gasteiger partial charge in [-0.05, 0) is 24.2 Å². The first kappa shape index (κ1) is 12.2. The van der Waals surface area contributed by atoms with E-state index in [-0.39, 0.29) is 5.41 Å². The second-order valence-electron chi connectivity index (χ2n) is 7.14. The number of hydrogen-bond acceptors (Lipinski definition) is 4. The van der Waals surface area contributed by atoms with Crippen molar-refractivity contribution in [1.82, 2.24) is 15.5 Å². The van der Waals surface area contributed by atoms with Crippen molar-refractivity contribution in [3.05, 3.63) is 11.7 Å². The molecule has 3 rings (SSSR count). The highest BCUT2D eigenvalue weighted by atomic mass is 16.5. The lowest BCUT2D eigenvalue weighted by Gasteiger charge is -2.43. The van der Waals surface area contributed by atoms with Crippen molar-refractivity contribution in [2.75, 3.05) is 13.1 Å². The van der Waals surface area contributed by atoms with Crippen molar-refractivity contribution in [1.29, 1.82) is 0 Å². The van der Waals surface area contributed by atoms with Gasteiger partial charge >= 0.3 is 0 Å². The highest BCUT2D eigenvalue weighted by Crippen LogP contribution is 2.49. The van der Waals surface area contributed by atoms with Crippen LogP contribution in [-0.2, 0) is 5.41 Å². The largest absolute Gasteiger partial charge is 0.339 e. The predicted molar refractivity (Wildman–Crippen MR) is 69.4 cm³/mol. The lowest BCUT2D eigenvalue weighted by atomic mass is 9.64. The summed E-state index contributed by atoms with van der Waals surface area (Å²) < 4.78 is 5.56.